The van der Waals surface area contributed by atoms with Crippen LogP contribution in [-0.2, 0) is 9.59 Å². The third-order valence-electron chi connectivity index (χ3n) is 3.97. The molecule has 1 aliphatic rings. The van der Waals surface area contributed by atoms with Crippen LogP contribution in [0.1, 0.15) is 24.3 Å². The Labute approximate surface area is 122 Å². The minimum atomic E-state index is -0.892. The monoisotopic (exact) mass is 283 g/mol. The van der Waals surface area contributed by atoms with Crippen molar-refractivity contribution in [2.24, 2.45) is 5.92 Å². The van der Waals surface area contributed by atoms with Gasteiger partial charge in [0.1, 0.15) is 0 Å². The quantitative estimate of drug-likeness (QED) is 0.886. The largest absolute Gasteiger partial charge is 0.481 e. The first kappa shape index (κ1) is 13.6. The molecular weight excluding hydrogens is 266 g/mol. The maximum absolute atomic E-state index is 11.9. The summed E-state index contributed by atoms with van der Waals surface area (Å²) in [6.45, 7) is 0.203. The predicted octanol–water partition coefficient (Wildman–Crippen LogP) is 2.53. The smallest absolute Gasteiger partial charge is 0.305 e. The van der Waals surface area contributed by atoms with Crippen molar-refractivity contribution in [1.82, 2.24) is 5.32 Å². The molecule has 2 aromatic rings. The third-order valence-corrected chi connectivity index (χ3v) is 3.97. The van der Waals surface area contributed by atoms with Crippen LogP contribution in [-0.4, -0.2) is 23.5 Å². The van der Waals surface area contributed by atoms with Crippen LogP contribution in [0.3, 0.4) is 0 Å². The van der Waals surface area contributed by atoms with E-state index in [1.165, 1.54) is 16.3 Å². The highest BCUT2D eigenvalue weighted by Gasteiger charge is 2.43. The zero-order valence-corrected chi connectivity index (χ0v) is 11.6. The Morgan fingerprint density at radius 3 is 2.67 bits per heavy atom. The molecule has 1 saturated carbocycles. The van der Waals surface area contributed by atoms with Gasteiger partial charge in [-0.1, -0.05) is 42.5 Å². The lowest BCUT2D eigenvalue weighted by Gasteiger charge is -2.05. The van der Waals surface area contributed by atoms with Gasteiger partial charge in [0.15, 0.2) is 0 Å². The molecule has 108 valence electrons. The van der Waals surface area contributed by atoms with E-state index in [-0.39, 0.29) is 30.7 Å². The standard InChI is InChI=1S/C17H17NO3/c19-16(20)7-8-18-17(21)15-10-14(15)13-6-5-11-3-1-2-4-12(11)9-13/h1-6,9,14-15H,7-8,10H2,(H,18,21)(H,19,20). The maximum atomic E-state index is 11.9. The summed E-state index contributed by atoms with van der Waals surface area (Å²) in [6.07, 6.45) is 0.816. The molecule has 3 rings (SSSR count). The van der Waals surface area contributed by atoms with Crippen LogP contribution in [0.2, 0.25) is 0 Å². The summed E-state index contributed by atoms with van der Waals surface area (Å²) >= 11 is 0. The number of carbonyl (C=O) groups excluding carboxylic acids is 1. The van der Waals surface area contributed by atoms with Crippen LogP contribution < -0.4 is 5.32 Å². The number of aliphatic carboxylic acids is 1. The lowest BCUT2D eigenvalue weighted by atomic mass is 10.0. The number of benzene rings is 2. The van der Waals surface area contributed by atoms with E-state index in [1.54, 1.807) is 0 Å². The van der Waals surface area contributed by atoms with Crippen LogP contribution in [0.4, 0.5) is 0 Å². The summed E-state index contributed by atoms with van der Waals surface area (Å²) in [6, 6.07) is 14.5. The minimum absolute atomic E-state index is 0.0139. The molecule has 0 radical (unpaired) electrons. The van der Waals surface area contributed by atoms with Gasteiger partial charge in [-0.3, -0.25) is 9.59 Å². The molecule has 21 heavy (non-hydrogen) atoms. The molecule has 0 bridgehead atoms. The molecule has 2 aromatic carbocycles. The second kappa shape index (κ2) is 5.56. The summed E-state index contributed by atoms with van der Waals surface area (Å²) in [5, 5.41) is 13.6. The number of fused-ring (bicyclic) bond motifs is 1. The topological polar surface area (TPSA) is 66.4 Å². The number of carboxylic acid groups (broad SMARTS) is 1. The van der Waals surface area contributed by atoms with Gasteiger partial charge in [-0.25, -0.2) is 0 Å². The molecule has 0 aromatic heterocycles. The fourth-order valence-electron chi connectivity index (χ4n) is 2.72. The van der Waals surface area contributed by atoms with E-state index < -0.39 is 5.97 Å². The number of amides is 1. The van der Waals surface area contributed by atoms with Gasteiger partial charge in [0, 0.05) is 12.5 Å². The summed E-state index contributed by atoms with van der Waals surface area (Å²) in [5.41, 5.74) is 1.19. The average Bonchev–Trinajstić information content (AvgIpc) is 3.27. The first-order valence-corrected chi connectivity index (χ1v) is 7.13. The van der Waals surface area contributed by atoms with E-state index in [4.69, 9.17) is 5.11 Å². The van der Waals surface area contributed by atoms with Gasteiger partial charge < -0.3 is 10.4 Å². The molecule has 2 unspecified atom stereocenters. The molecule has 4 heteroatoms. The molecule has 4 nitrogen and oxygen atoms in total. The molecular formula is C17H17NO3. The van der Waals surface area contributed by atoms with E-state index in [1.807, 2.05) is 12.1 Å². The van der Waals surface area contributed by atoms with Gasteiger partial charge in [0.05, 0.1) is 6.42 Å². The zero-order chi connectivity index (χ0) is 14.8. The number of hydrogen-bond donors (Lipinski definition) is 2. The number of nitrogens with one attached hydrogen (secondary N) is 1. The number of carbonyl (C=O) groups is 2. The second-order valence-electron chi connectivity index (χ2n) is 5.49. The Bertz CT molecular complexity index is 695. The van der Waals surface area contributed by atoms with Crippen molar-refractivity contribution in [3.05, 3.63) is 48.0 Å². The Kier molecular flexibility index (Phi) is 3.60. The maximum Gasteiger partial charge on any atom is 0.305 e. The summed E-state index contributed by atoms with van der Waals surface area (Å²) in [7, 11) is 0. The fourth-order valence-corrected chi connectivity index (χ4v) is 2.72. The Morgan fingerprint density at radius 2 is 1.90 bits per heavy atom. The SMILES string of the molecule is O=C(O)CCNC(=O)C1CC1c1ccc2ccccc2c1. The fraction of sp³-hybridized carbons (Fsp3) is 0.294. The van der Waals surface area contributed by atoms with Crippen LogP contribution in [0.25, 0.3) is 10.8 Å². The predicted molar refractivity (Wildman–Crippen MR) is 80.1 cm³/mol. The summed E-state index contributed by atoms with van der Waals surface area (Å²) in [4.78, 5) is 22.4. The van der Waals surface area contributed by atoms with Gasteiger partial charge in [0.25, 0.3) is 0 Å². The van der Waals surface area contributed by atoms with Gasteiger partial charge in [-0.15, -0.1) is 0 Å². The molecule has 0 saturated heterocycles. The highest BCUT2D eigenvalue weighted by Crippen LogP contribution is 2.48. The van der Waals surface area contributed by atoms with Crippen LogP contribution in [0.5, 0.6) is 0 Å². The van der Waals surface area contributed by atoms with E-state index in [0.717, 1.165) is 6.42 Å². The molecule has 2 N–H and O–H groups in total. The molecule has 0 heterocycles. The van der Waals surface area contributed by atoms with Crippen LogP contribution in [0.15, 0.2) is 42.5 Å². The number of rotatable bonds is 5. The van der Waals surface area contributed by atoms with Crippen molar-refractivity contribution in [2.75, 3.05) is 6.54 Å². The first-order chi connectivity index (χ1) is 10.1. The average molecular weight is 283 g/mol. The van der Waals surface area contributed by atoms with E-state index >= 15 is 0 Å². The Hall–Kier alpha value is -2.36. The molecule has 0 aliphatic heterocycles. The van der Waals surface area contributed by atoms with E-state index in [0.29, 0.717) is 0 Å². The third kappa shape index (κ3) is 3.05. The van der Waals surface area contributed by atoms with Crippen molar-refractivity contribution in [3.63, 3.8) is 0 Å². The van der Waals surface area contributed by atoms with Crippen LogP contribution >= 0.6 is 0 Å². The van der Waals surface area contributed by atoms with Gasteiger partial charge in [-0.2, -0.15) is 0 Å². The first-order valence-electron chi connectivity index (χ1n) is 7.13. The molecule has 0 spiro atoms. The minimum Gasteiger partial charge on any atom is -0.481 e. The normalized spacial score (nSPS) is 20.2. The summed E-state index contributed by atoms with van der Waals surface area (Å²) in [5.74, 6) is -0.675. The van der Waals surface area contributed by atoms with E-state index in [9.17, 15) is 9.59 Å². The van der Waals surface area contributed by atoms with Gasteiger partial charge in [0.2, 0.25) is 5.91 Å². The van der Waals surface area contributed by atoms with Crippen molar-refractivity contribution in [3.8, 4) is 0 Å². The highest BCUT2D eigenvalue weighted by atomic mass is 16.4. The van der Waals surface area contributed by atoms with E-state index in [2.05, 4.69) is 35.6 Å². The van der Waals surface area contributed by atoms with Crippen LogP contribution in [0, 0.1) is 5.92 Å². The summed E-state index contributed by atoms with van der Waals surface area (Å²) < 4.78 is 0. The van der Waals surface area contributed by atoms with Crippen molar-refractivity contribution in [2.45, 2.75) is 18.8 Å². The molecule has 1 aliphatic carbocycles. The van der Waals surface area contributed by atoms with Gasteiger partial charge in [-0.05, 0) is 28.7 Å². The van der Waals surface area contributed by atoms with Crippen molar-refractivity contribution < 1.29 is 14.7 Å². The molecule has 1 amide bonds. The molecule has 1 fully saturated rings. The van der Waals surface area contributed by atoms with Gasteiger partial charge >= 0.3 is 5.97 Å². The molecule has 2 atom stereocenters. The Morgan fingerprint density at radius 1 is 1.14 bits per heavy atom. The number of hydrogen-bond acceptors (Lipinski definition) is 2. The zero-order valence-electron chi connectivity index (χ0n) is 11.6. The van der Waals surface area contributed by atoms with Crippen molar-refractivity contribution in [1.29, 1.82) is 0 Å². The Balaban J connectivity index is 1.63. The number of carboxylic acids is 1. The lowest BCUT2D eigenvalue weighted by Crippen LogP contribution is -2.27. The lowest BCUT2D eigenvalue weighted by molar-refractivity contribution is -0.136. The van der Waals surface area contributed by atoms with Crippen molar-refractivity contribution >= 4 is 22.6 Å². The highest BCUT2D eigenvalue weighted by molar-refractivity contribution is 5.86. The second-order valence-corrected chi connectivity index (χ2v) is 5.49.